The van der Waals surface area contributed by atoms with E-state index in [9.17, 15) is 0 Å². The second-order valence-corrected chi connectivity index (χ2v) is 4.76. The minimum atomic E-state index is 0.573. The zero-order valence-corrected chi connectivity index (χ0v) is 9.42. The molecule has 3 nitrogen and oxygen atoms in total. The summed E-state index contributed by atoms with van der Waals surface area (Å²) in [6.45, 7) is 4.52. The zero-order chi connectivity index (χ0) is 10.3. The topological polar surface area (TPSA) is 29.9 Å². The Morgan fingerprint density at radius 1 is 1.33 bits per heavy atom. The van der Waals surface area contributed by atoms with Crippen LogP contribution in [0, 0.1) is 6.92 Å². The molecule has 2 aliphatic heterocycles. The van der Waals surface area contributed by atoms with E-state index in [1.54, 1.807) is 0 Å². The van der Waals surface area contributed by atoms with Crippen LogP contribution in [0.2, 0.25) is 0 Å². The molecule has 0 aromatic carbocycles. The molecule has 0 aliphatic carbocycles. The number of aryl methyl sites for hydroxylation is 2. The summed E-state index contributed by atoms with van der Waals surface area (Å²) in [5.41, 5.74) is 2.73. The monoisotopic (exact) mass is 205 g/mol. The highest BCUT2D eigenvalue weighted by atomic mass is 15.1. The van der Waals surface area contributed by atoms with Crippen LogP contribution >= 0.6 is 0 Å². The van der Waals surface area contributed by atoms with Gasteiger partial charge in [0.25, 0.3) is 0 Å². The molecule has 0 radical (unpaired) electrons. The predicted octanol–water partition coefficient (Wildman–Crippen LogP) is 1.95. The summed E-state index contributed by atoms with van der Waals surface area (Å²) in [5, 5.41) is 3.59. The Bertz CT molecular complexity index is 361. The first-order valence-corrected chi connectivity index (χ1v) is 6.15. The van der Waals surface area contributed by atoms with Crippen LogP contribution in [-0.4, -0.2) is 16.1 Å². The molecule has 0 bridgehead atoms. The molecule has 1 saturated heterocycles. The fourth-order valence-electron chi connectivity index (χ4n) is 3.00. The molecule has 3 rings (SSSR count). The summed E-state index contributed by atoms with van der Waals surface area (Å²) in [5.74, 6) is 1.32. The lowest BCUT2D eigenvalue weighted by atomic mass is 10.1. The number of fused-ring (bicyclic) bond motifs is 1. The quantitative estimate of drug-likeness (QED) is 0.759. The molecule has 0 spiro atoms. The summed E-state index contributed by atoms with van der Waals surface area (Å²) < 4.78 is 2.47. The van der Waals surface area contributed by atoms with Crippen LogP contribution in [-0.2, 0) is 13.0 Å². The summed E-state index contributed by atoms with van der Waals surface area (Å²) in [7, 11) is 0. The third-order valence-electron chi connectivity index (χ3n) is 3.69. The van der Waals surface area contributed by atoms with Crippen molar-refractivity contribution in [3.63, 3.8) is 0 Å². The van der Waals surface area contributed by atoms with Gasteiger partial charge in [-0.05, 0) is 39.2 Å². The van der Waals surface area contributed by atoms with E-state index in [0.717, 1.165) is 0 Å². The molecule has 0 saturated carbocycles. The van der Waals surface area contributed by atoms with Crippen LogP contribution in [0.15, 0.2) is 0 Å². The average molecular weight is 205 g/mol. The van der Waals surface area contributed by atoms with Gasteiger partial charge in [0.1, 0.15) is 5.82 Å². The molecular weight excluding hydrogens is 186 g/mol. The third kappa shape index (κ3) is 1.49. The molecule has 1 aromatic heterocycles. The van der Waals surface area contributed by atoms with E-state index in [2.05, 4.69) is 16.8 Å². The van der Waals surface area contributed by atoms with Crippen molar-refractivity contribution < 1.29 is 0 Å². The van der Waals surface area contributed by atoms with E-state index >= 15 is 0 Å². The van der Waals surface area contributed by atoms with E-state index in [1.807, 2.05) is 0 Å². The smallest absolute Gasteiger partial charge is 0.109 e. The zero-order valence-electron chi connectivity index (χ0n) is 9.42. The number of aromatic nitrogens is 2. The van der Waals surface area contributed by atoms with E-state index in [1.165, 1.54) is 62.4 Å². The average Bonchev–Trinajstić information content (AvgIpc) is 2.82. The summed E-state index contributed by atoms with van der Waals surface area (Å²) in [6, 6.07) is 0.573. The van der Waals surface area contributed by atoms with Crippen LogP contribution in [0.25, 0.3) is 0 Å². The third-order valence-corrected chi connectivity index (χ3v) is 3.69. The number of hydrogen-bond acceptors (Lipinski definition) is 2. The van der Waals surface area contributed by atoms with Gasteiger partial charge in [0.05, 0.1) is 11.4 Å². The van der Waals surface area contributed by atoms with Crippen LogP contribution in [0.3, 0.4) is 0 Å². The maximum atomic E-state index is 4.72. The highest BCUT2D eigenvalue weighted by molar-refractivity contribution is 5.22. The first-order chi connectivity index (χ1) is 7.36. The van der Waals surface area contributed by atoms with Crippen molar-refractivity contribution in [1.82, 2.24) is 14.9 Å². The maximum absolute atomic E-state index is 4.72. The van der Waals surface area contributed by atoms with Crippen molar-refractivity contribution in [1.29, 1.82) is 0 Å². The normalized spacial score (nSPS) is 25.5. The number of nitrogens with zero attached hydrogens (tertiary/aromatic N) is 2. The van der Waals surface area contributed by atoms with Crippen LogP contribution in [0.4, 0.5) is 0 Å². The molecule has 1 N–H and O–H groups in total. The molecule has 3 heterocycles. The Kier molecular flexibility index (Phi) is 2.28. The van der Waals surface area contributed by atoms with Crippen molar-refractivity contribution in [2.24, 2.45) is 0 Å². The van der Waals surface area contributed by atoms with E-state index in [4.69, 9.17) is 4.98 Å². The van der Waals surface area contributed by atoms with Crippen LogP contribution in [0.5, 0.6) is 0 Å². The minimum Gasteiger partial charge on any atom is -0.330 e. The largest absolute Gasteiger partial charge is 0.330 e. The van der Waals surface area contributed by atoms with Crippen molar-refractivity contribution in [3.8, 4) is 0 Å². The van der Waals surface area contributed by atoms with E-state index in [-0.39, 0.29) is 0 Å². The Hall–Kier alpha value is -0.830. The number of hydrogen-bond donors (Lipinski definition) is 1. The molecule has 2 aliphatic rings. The van der Waals surface area contributed by atoms with Gasteiger partial charge in [-0.1, -0.05) is 0 Å². The number of rotatable bonds is 1. The second-order valence-electron chi connectivity index (χ2n) is 4.76. The Balaban J connectivity index is 2.01. The lowest BCUT2D eigenvalue weighted by Crippen LogP contribution is -2.20. The van der Waals surface area contributed by atoms with Gasteiger partial charge in [-0.2, -0.15) is 0 Å². The van der Waals surface area contributed by atoms with Gasteiger partial charge in [0.2, 0.25) is 0 Å². The predicted molar refractivity (Wildman–Crippen MR) is 59.9 cm³/mol. The molecule has 1 atom stereocenters. The Morgan fingerprint density at radius 2 is 2.27 bits per heavy atom. The van der Waals surface area contributed by atoms with E-state index in [0.29, 0.717) is 6.04 Å². The minimum absolute atomic E-state index is 0.573. The van der Waals surface area contributed by atoms with Gasteiger partial charge in [0.15, 0.2) is 0 Å². The first kappa shape index (κ1) is 9.40. The summed E-state index contributed by atoms with van der Waals surface area (Å²) in [6.07, 6.45) is 6.40. The van der Waals surface area contributed by atoms with Crippen molar-refractivity contribution in [3.05, 3.63) is 17.2 Å². The van der Waals surface area contributed by atoms with Crippen LogP contribution in [0.1, 0.15) is 48.9 Å². The number of imidazole rings is 1. The van der Waals surface area contributed by atoms with Gasteiger partial charge in [-0.25, -0.2) is 4.98 Å². The van der Waals surface area contributed by atoms with Gasteiger partial charge in [-0.15, -0.1) is 0 Å². The SMILES string of the molecule is Cc1nc2n(c1C1CCCN1)CCCC2. The van der Waals surface area contributed by atoms with Gasteiger partial charge in [0, 0.05) is 19.0 Å². The summed E-state index contributed by atoms with van der Waals surface area (Å²) >= 11 is 0. The highest BCUT2D eigenvalue weighted by Gasteiger charge is 2.25. The molecular formula is C12H19N3. The van der Waals surface area contributed by atoms with Crippen LogP contribution < -0.4 is 5.32 Å². The lowest BCUT2D eigenvalue weighted by molar-refractivity contribution is 0.481. The second kappa shape index (κ2) is 3.63. The first-order valence-electron chi connectivity index (χ1n) is 6.15. The standard InChI is InChI=1S/C12H19N3/c1-9-12(10-5-4-7-13-10)15-8-3-2-6-11(15)14-9/h10,13H,2-8H2,1H3. The molecule has 15 heavy (non-hydrogen) atoms. The molecule has 1 aromatic rings. The van der Waals surface area contributed by atoms with Gasteiger partial charge in [-0.3, -0.25) is 0 Å². The molecule has 82 valence electrons. The van der Waals surface area contributed by atoms with Crippen molar-refractivity contribution in [2.45, 2.75) is 51.6 Å². The van der Waals surface area contributed by atoms with E-state index < -0.39 is 0 Å². The van der Waals surface area contributed by atoms with Crippen molar-refractivity contribution in [2.75, 3.05) is 6.54 Å². The van der Waals surface area contributed by atoms with Crippen molar-refractivity contribution >= 4 is 0 Å². The Labute approximate surface area is 90.9 Å². The molecule has 1 fully saturated rings. The number of nitrogens with one attached hydrogen (secondary N) is 1. The van der Waals surface area contributed by atoms with Gasteiger partial charge < -0.3 is 9.88 Å². The fraction of sp³-hybridized carbons (Fsp3) is 0.750. The van der Waals surface area contributed by atoms with Gasteiger partial charge >= 0.3 is 0 Å². The fourth-order valence-corrected chi connectivity index (χ4v) is 3.00. The molecule has 0 amide bonds. The molecule has 1 unspecified atom stereocenters. The summed E-state index contributed by atoms with van der Waals surface area (Å²) in [4.78, 5) is 4.72. The highest BCUT2D eigenvalue weighted by Crippen LogP contribution is 2.29. The maximum Gasteiger partial charge on any atom is 0.109 e. The Morgan fingerprint density at radius 3 is 3.07 bits per heavy atom. The lowest BCUT2D eigenvalue weighted by Gasteiger charge is -2.19. The molecule has 3 heteroatoms.